The van der Waals surface area contributed by atoms with E-state index in [0.29, 0.717) is 18.4 Å². The number of carbonyl (C=O) groups is 1. The van der Waals surface area contributed by atoms with Gasteiger partial charge in [0.05, 0.1) is 6.42 Å². The highest BCUT2D eigenvalue weighted by molar-refractivity contribution is 5.85. The number of hydrogen-bond donors (Lipinski definition) is 1. The van der Waals surface area contributed by atoms with Gasteiger partial charge in [0.2, 0.25) is 5.91 Å². The quantitative estimate of drug-likeness (QED) is 0.926. The molecule has 3 nitrogen and oxygen atoms in total. The first-order valence-corrected chi connectivity index (χ1v) is 7.98. The van der Waals surface area contributed by atoms with Crippen molar-refractivity contribution in [3.8, 4) is 0 Å². The van der Waals surface area contributed by atoms with Gasteiger partial charge in [0.15, 0.2) is 0 Å². The second-order valence-corrected chi connectivity index (χ2v) is 6.23. The summed E-state index contributed by atoms with van der Waals surface area (Å²) in [6.07, 6.45) is 5.05. The van der Waals surface area contributed by atoms with Crippen molar-refractivity contribution < 1.29 is 9.18 Å². The number of hydrogen-bond acceptors (Lipinski definition) is 2. The minimum atomic E-state index is -0.272. The van der Waals surface area contributed by atoms with Gasteiger partial charge in [-0.2, -0.15) is 0 Å². The van der Waals surface area contributed by atoms with Gasteiger partial charge < -0.3 is 10.2 Å². The van der Waals surface area contributed by atoms with Gasteiger partial charge in [-0.1, -0.05) is 12.1 Å². The SMILES string of the molecule is Cl.O=C(Cc1cccc(F)c1)N1CCC(C2CCCN2)CC1. The van der Waals surface area contributed by atoms with Crippen molar-refractivity contribution in [1.29, 1.82) is 0 Å². The first kappa shape index (κ1) is 17.2. The van der Waals surface area contributed by atoms with E-state index in [-0.39, 0.29) is 24.1 Å². The van der Waals surface area contributed by atoms with Crippen molar-refractivity contribution in [2.75, 3.05) is 19.6 Å². The molecule has 2 fully saturated rings. The van der Waals surface area contributed by atoms with Crippen molar-refractivity contribution in [1.82, 2.24) is 10.2 Å². The summed E-state index contributed by atoms with van der Waals surface area (Å²) in [5.74, 6) is 0.565. The summed E-state index contributed by atoms with van der Waals surface area (Å²) in [4.78, 5) is 14.2. The van der Waals surface area contributed by atoms with E-state index in [0.717, 1.165) is 38.0 Å². The standard InChI is InChI=1S/C17H23FN2O.ClH/c18-15-4-1-3-13(11-15)12-17(21)20-9-6-14(7-10-20)16-5-2-8-19-16;/h1,3-4,11,14,16,19H,2,5-10,12H2;1H. The molecule has 1 unspecified atom stereocenters. The molecule has 122 valence electrons. The third-order valence-corrected chi connectivity index (χ3v) is 4.80. The van der Waals surface area contributed by atoms with Gasteiger partial charge in [0, 0.05) is 19.1 Å². The number of amides is 1. The minimum absolute atomic E-state index is 0. The number of piperidine rings is 1. The van der Waals surface area contributed by atoms with Gasteiger partial charge in [-0.05, 0) is 55.8 Å². The van der Waals surface area contributed by atoms with Crippen LogP contribution in [-0.4, -0.2) is 36.5 Å². The highest BCUT2D eigenvalue weighted by Crippen LogP contribution is 2.25. The van der Waals surface area contributed by atoms with Crippen LogP contribution in [0.1, 0.15) is 31.2 Å². The zero-order valence-corrected chi connectivity index (χ0v) is 13.6. The summed E-state index contributed by atoms with van der Waals surface area (Å²) in [5.41, 5.74) is 0.764. The van der Waals surface area contributed by atoms with E-state index in [4.69, 9.17) is 0 Å². The van der Waals surface area contributed by atoms with Crippen molar-refractivity contribution in [3.63, 3.8) is 0 Å². The van der Waals surface area contributed by atoms with Crippen molar-refractivity contribution in [3.05, 3.63) is 35.6 Å². The Kier molecular flexibility index (Phi) is 6.21. The maximum atomic E-state index is 13.2. The van der Waals surface area contributed by atoms with E-state index in [1.807, 2.05) is 11.0 Å². The molecule has 0 bridgehead atoms. The highest BCUT2D eigenvalue weighted by atomic mass is 35.5. The Hall–Kier alpha value is -1.13. The zero-order chi connectivity index (χ0) is 14.7. The fourth-order valence-electron chi connectivity index (χ4n) is 3.60. The van der Waals surface area contributed by atoms with E-state index in [9.17, 15) is 9.18 Å². The summed E-state index contributed by atoms with van der Waals surface area (Å²) in [7, 11) is 0. The topological polar surface area (TPSA) is 32.3 Å². The molecule has 1 aromatic carbocycles. The molecule has 2 aliphatic heterocycles. The van der Waals surface area contributed by atoms with Gasteiger partial charge in [0.1, 0.15) is 5.82 Å². The fourth-order valence-corrected chi connectivity index (χ4v) is 3.60. The Balaban J connectivity index is 0.00000176. The first-order valence-electron chi connectivity index (χ1n) is 7.98. The van der Waals surface area contributed by atoms with Gasteiger partial charge >= 0.3 is 0 Å². The van der Waals surface area contributed by atoms with Crippen LogP contribution in [0.25, 0.3) is 0 Å². The molecule has 0 aromatic heterocycles. The molecule has 1 atom stereocenters. The van der Waals surface area contributed by atoms with Crippen LogP contribution in [0.5, 0.6) is 0 Å². The molecule has 0 saturated carbocycles. The molecular formula is C17H24ClFN2O. The molecule has 2 heterocycles. The van der Waals surface area contributed by atoms with E-state index < -0.39 is 0 Å². The molecule has 2 aliphatic rings. The highest BCUT2D eigenvalue weighted by Gasteiger charge is 2.29. The molecule has 2 saturated heterocycles. The normalized spacial score (nSPS) is 22.4. The van der Waals surface area contributed by atoms with Crippen LogP contribution in [-0.2, 0) is 11.2 Å². The van der Waals surface area contributed by atoms with Crippen molar-refractivity contribution >= 4 is 18.3 Å². The maximum absolute atomic E-state index is 13.2. The lowest BCUT2D eigenvalue weighted by Crippen LogP contribution is -2.43. The summed E-state index contributed by atoms with van der Waals surface area (Å²) in [5, 5.41) is 3.57. The van der Waals surface area contributed by atoms with E-state index >= 15 is 0 Å². The molecule has 1 aromatic rings. The molecule has 0 aliphatic carbocycles. The smallest absolute Gasteiger partial charge is 0.226 e. The van der Waals surface area contributed by atoms with Crippen LogP contribution in [0.3, 0.4) is 0 Å². The average molecular weight is 327 g/mol. The van der Waals surface area contributed by atoms with E-state index in [1.54, 1.807) is 6.07 Å². The Morgan fingerprint density at radius 1 is 1.27 bits per heavy atom. The van der Waals surface area contributed by atoms with Crippen molar-refractivity contribution in [2.24, 2.45) is 5.92 Å². The number of likely N-dealkylation sites (tertiary alicyclic amines) is 1. The number of halogens is 2. The molecule has 3 rings (SSSR count). The second kappa shape index (κ2) is 7.93. The van der Waals surface area contributed by atoms with Gasteiger partial charge in [0.25, 0.3) is 0 Å². The summed E-state index contributed by atoms with van der Waals surface area (Å²) >= 11 is 0. The van der Waals surface area contributed by atoms with Crippen LogP contribution >= 0.6 is 12.4 Å². The number of benzene rings is 1. The Morgan fingerprint density at radius 2 is 2.05 bits per heavy atom. The monoisotopic (exact) mass is 326 g/mol. The Bertz CT molecular complexity index is 497. The van der Waals surface area contributed by atoms with Gasteiger partial charge in [-0.25, -0.2) is 4.39 Å². The van der Waals surface area contributed by atoms with Gasteiger partial charge in [-0.3, -0.25) is 4.79 Å². The summed E-state index contributed by atoms with van der Waals surface area (Å²) < 4.78 is 13.2. The van der Waals surface area contributed by atoms with Crippen LogP contribution in [0.4, 0.5) is 4.39 Å². The predicted octanol–water partition coefficient (Wildman–Crippen LogP) is 2.78. The lowest BCUT2D eigenvalue weighted by Gasteiger charge is -2.35. The predicted molar refractivity (Wildman–Crippen MR) is 87.7 cm³/mol. The molecule has 0 radical (unpaired) electrons. The molecular weight excluding hydrogens is 303 g/mol. The number of nitrogens with zero attached hydrogens (tertiary/aromatic N) is 1. The third-order valence-electron chi connectivity index (χ3n) is 4.80. The number of nitrogens with one attached hydrogen (secondary N) is 1. The second-order valence-electron chi connectivity index (χ2n) is 6.23. The molecule has 1 amide bonds. The first-order chi connectivity index (χ1) is 10.2. The Labute approximate surface area is 137 Å². The fraction of sp³-hybridized carbons (Fsp3) is 0.588. The third kappa shape index (κ3) is 4.20. The van der Waals surface area contributed by atoms with Crippen LogP contribution in [0.2, 0.25) is 0 Å². The average Bonchev–Trinajstić information content (AvgIpc) is 3.01. The zero-order valence-electron chi connectivity index (χ0n) is 12.8. The molecule has 1 N–H and O–H groups in total. The summed E-state index contributed by atoms with van der Waals surface area (Å²) in [6.45, 7) is 2.83. The molecule has 22 heavy (non-hydrogen) atoms. The Morgan fingerprint density at radius 3 is 2.68 bits per heavy atom. The van der Waals surface area contributed by atoms with E-state index in [2.05, 4.69) is 5.32 Å². The number of rotatable bonds is 3. The number of carbonyl (C=O) groups excluding carboxylic acids is 1. The van der Waals surface area contributed by atoms with Crippen molar-refractivity contribution in [2.45, 2.75) is 38.1 Å². The molecule has 5 heteroatoms. The largest absolute Gasteiger partial charge is 0.342 e. The van der Waals surface area contributed by atoms with E-state index in [1.165, 1.54) is 25.0 Å². The van der Waals surface area contributed by atoms with Crippen LogP contribution in [0.15, 0.2) is 24.3 Å². The maximum Gasteiger partial charge on any atom is 0.226 e. The van der Waals surface area contributed by atoms with Crippen LogP contribution in [0, 0.1) is 11.7 Å². The lowest BCUT2D eigenvalue weighted by atomic mass is 9.88. The summed E-state index contributed by atoms with van der Waals surface area (Å²) in [6, 6.07) is 7.00. The minimum Gasteiger partial charge on any atom is -0.342 e. The van der Waals surface area contributed by atoms with Crippen LogP contribution < -0.4 is 5.32 Å². The van der Waals surface area contributed by atoms with Gasteiger partial charge in [-0.15, -0.1) is 12.4 Å². The lowest BCUT2D eigenvalue weighted by molar-refractivity contribution is -0.132. The molecule has 0 spiro atoms.